The topological polar surface area (TPSA) is 84.0 Å². The van der Waals surface area contributed by atoms with E-state index in [2.05, 4.69) is 40.9 Å². The summed E-state index contributed by atoms with van der Waals surface area (Å²) in [6.07, 6.45) is 0.822. The van der Waals surface area contributed by atoms with Crippen molar-refractivity contribution >= 4 is 35.8 Å². The summed E-state index contributed by atoms with van der Waals surface area (Å²) in [4.78, 5) is 16.9. The zero-order valence-electron chi connectivity index (χ0n) is 19.1. The van der Waals surface area contributed by atoms with E-state index in [-0.39, 0.29) is 41.5 Å². The van der Waals surface area contributed by atoms with Crippen LogP contribution in [0.4, 0.5) is 0 Å². The molecule has 2 aromatic carbocycles. The average Bonchev–Trinajstić information content (AvgIpc) is 2.76. The minimum Gasteiger partial charge on any atom is -0.497 e. The van der Waals surface area contributed by atoms with Crippen LogP contribution >= 0.6 is 24.0 Å². The predicted molar refractivity (Wildman–Crippen MR) is 138 cm³/mol. The maximum Gasteiger partial charge on any atom is 0.251 e. The number of benzene rings is 2. The first-order valence-electron chi connectivity index (χ1n) is 10.7. The molecule has 1 aliphatic heterocycles. The molecule has 0 saturated carbocycles. The van der Waals surface area contributed by atoms with Crippen molar-refractivity contribution in [2.24, 2.45) is 4.99 Å². The van der Waals surface area contributed by atoms with Gasteiger partial charge in [0.15, 0.2) is 5.96 Å². The number of nitrogens with one attached hydrogen (secondary N) is 3. The number of fused-ring (bicyclic) bond motifs is 1. The van der Waals surface area contributed by atoms with Gasteiger partial charge in [-0.05, 0) is 51.1 Å². The van der Waals surface area contributed by atoms with E-state index in [9.17, 15) is 4.79 Å². The van der Waals surface area contributed by atoms with Crippen molar-refractivity contribution in [3.05, 3.63) is 59.7 Å². The number of guanidine groups is 1. The van der Waals surface area contributed by atoms with Crippen LogP contribution in [0.2, 0.25) is 0 Å². The van der Waals surface area contributed by atoms with Crippen LogP contribution in [0.15, 0.2) is 53.5 Å². The summed E-state index contributed by atoms with van der Waals surface area (Å²) in [7, 11) is 1.60. The largest absolute Gasteiger partial charge is 0.497 e. The molecular weight excluding hydrogens is 519 g/mol. The SMILES string of the molecule is CCNC(=NCCNC(=O)c1ccc(OC)cc1)NC1CC(C)(C)Oc2ccccc21.I. The second-order valence-corrected chi connectivity index (χ2v) is 8.05. The van der Waals surface area contributed by atoms with E-state index < -0.39 is 0 Å². The molecule has 0 spiro atoms. The van der Waals surface area contributed by atoms with Gasteiger partial charge in [-0.2, -0.15) is 0 Å². The van der Waals surface area contributed by atoms with E-state index in [1.54, 1.807) is 31.4 Å². The van der Waals surface area contributed by atoms with Gasteiger partial charge in [0, 0.05) is 30.6 Å². The quantitative estimate of drug-likeness (QED) is 0.210. The summed E-state index contributed by atoms with van der Waals surface area (Å²) >= 11 is 0. The highest BCUT2D eigenvalue weighted by molar-refractivity contribution is 14.0. The molecule has 1 aliphatic rings. The lowest BCUT2D eigenvalue weighted by Gasteiger charge is -2.38. The Morgan fingerprint density at radius 3 is 2.56 bits per heavy atom. The van der Waals surface area contributed by atoms with Crippen molar-refractivity contribution in [1.29, 1.82) is 0 Å². The van der Waals surface area contributed by atoms with Gasteiger partial charge in [-0.25, -0.2) is 0 Å². The Kier molecular flexibility index (Phi) is 9.61. The molecule has 0 aromatic heterocycles. The standard InChI is InChI=1S/C24H32N4O3.HI/c1-5-25-23(27-15-14-26-22(29)17-10-12-18(30-4)13-11-17)28-20-16-24(2,3)31-21-9-7-6-8-19(20)21;/h6-13,20H,5,14-16H2,1-4H3,(H,26,29)(H2,25,27,28);1H. The summed E-state index contributed by atoms with van der Waals surface area (Å²) in [5.74, 6) is 2.22. The van der Waals surface area contributed by atoms with Gasteiger partial charge >= 0.3 is 0 Å². The Morgan fingerprint density at radius 1 is 1.16 bits per heavy atom. The Hall–Kier alpha value is -2.49. The van der Waals surface area contributed by atoms with E-state index in [4.69, 9.17) is 9.47 Å². The molecule has 7 nitrogen and oxygen atoms in total. The Morgan fingerprint density at radius 2 is 1.88 bits per heavy atom. The van der Waals surface area contributed by atoms with Crippen molar-refractivity contribution in [3.63, 3.8) is 0 Å². The number of amides is 1. The van der Waals surface area contributed by atoms with Gasteiger partial charge < -0.3 is 25.4 Å². The van der Waals surface area contributed by atoms with Crippen LogP contribution in [0.1, 0.15) is 49.2 Å². The van der Waals surface area contributed by atoms with Gasteiger partial charge in [0.1, 0.15) is 17.1 Å². The van der Waals surface area contributed by atoms with E-state index >= 15 is 0 Å². The first kappa shape index (κ1) is 25.8. The molecule has 8 heteroatoms. The van der Waals surface area contributed by atoms with Gasteiger partial charge in [0.25, 0.3) is 5.91 Å². The number of halogens is 1. The molecule has 32 heavy (non-hydrogen) atoms. The Labute approximate surface area is 207 Å². The maximum absolute atomic E-state index is 12.3. The minimum absolute atomic E-state index is 0. The molecule has 174 valence electrons. The zero-order chi connectivity index (χ0) is 22.3. The lowest BCUT2D eigenvalue weighted by atomic mass is 9.90. The van der Waals surface area contributed by atoms with Crippen LogP contribution in [-0.2, 0) is 0 Å². The fourth-order valence-corrected chi connectivity index (χ4v) is 3.60. The molecule has 1 atom stereocenters. The Balaban J connectivity index is 0.00000363. The predicted octanol–water partition coefficient (Wildman–Crippen LogP) is 3.90. The third-order valence-corrected chi connectivity index (χ3v) is 5.05. The molecule has 0 saturated heterocycles. The first-order chi connectivity index (χ1) is 14.9. The third kappa shape index (κ3) is 7.01. The van der Waals surface area contributed by atoms with Crippen molar-refractivity contribution < 1.29 is 14.3 Å². The van der Waals surface area contributed by atoms with E-state index in [1.807, 2.05) is 25.1 Å². The van der Waals surface area contributed by atoms with Crippen molar-refractivity contribution in [3.8, 4) is 11.5 Å². The van der Waals surface area contributed by atoms with Gasteiger partial charge in [0.05, 0.1) is 19.7 Å². The molecule has 3 rings (SSSR count). The van der Waals surface area contributed by atoms with Crippen LogP contribution in [-0.4, -0.2) is 44.2 Å². The number of para-hydroxylation sites is 1. The van der Waals surface area contributed by atoms with Crippen LogP contribution in [0.25, 0.3) is 0 Å². The fraction of sp³-hybridized carbons (Fsp3) is 0.417. The summed E-state index contributed by atoms with van der Waals surface area (Å²) in [6.45, 7) is 7.87. The number of hydrogen-bond donors (Lipinski definition) is 3. The van der Waals surface area contributed by atoms with Crippen LogP contribution in [0, 0.1) is 0 Å². The molecule has 1 heterocycles. The van der Waals surface area contributed by atoms with E-state index in [0.717, 1.165) is 36.0 Å². The number of methoxy groups -OCH3 is 1. The van der Waals surface area contributed by atoms with E-state index in [1.165, 1.54) is 0 Å². The number of aliphatic imine (C=N–C) groups is 1. The second kappa shape index (κ2) is 11.9. The molecule has 0 radical (unpaired) electrons. The molecule has 0 fully saturated rings. The molecule has 1 unspecified atom stereocenters. The third-order valence-electron chi connectivity index (χ3n) is 5.05. The summed E-state index contributed by atoms with van der Waals surface area (Å²) in [5.41, 5.74) is 1.45. The van der Waals surface area contributed by atoms with Gasteiger partial charge in [-0.1, -0.05) is 18.2 Å². The number of carbonyl (C=O) groups is 1. The lowest BCUT2D eigenvalue weighted by Crippen LogP contribution is -2.45. The monoisotopic (exact) mass is 552 g/mol. The molecular formula is C24H33IN4O3. The van der Waals surface area contributed by atoms with Crippen LogP contribution in [0.5, 0.6) is 11.5 Å². The second-order valence-electron chi connectivity index (χ2n) is 8.05. The molecule has 0 aliphatic carbocycles. The number of hydrogen-bond acceptors (Lipinski definition) is 4. The van der Waals surface area contributed by atoms with Crippen LogP contribution < -0.4 is 25.4 Å². The molecule has 2 aromatic rings. The number of nitrogens with zero attached hydrogens (tertiary/aromatic N) is 1. The van der Waals surface area contributed by atoms with Crippen molar-refractivity contribution in [2.45, 2.75) is 38.8 Å². The van der Waals surface area contributed by atoms with Crippen LogP contribution in [0.3, 0.4) is 0 Å². The highest BCUT2D eigenvalue weighted by Crippen LogP contribution is 2.39. The van der Waals surface area contributed by atoms with Gasteiger partial charge in [0.2, 0.25) is 0 Å². The molecule has 3 N–H and O–H groups in total. The van der Waals surface area contributed by atoms with Gasteiger partial charge in [-0.15, -0.1) is 24.0 Å². The molecule has 1 amide bonds. The lowest BCUT2D eigenvalue weighted by molar-refractivity contribution is 0.0694. The smallest absolute Gasteiger partial charge is 0.251 e. The summed E-state index contributed by atoms with van der Waals surface area (Å²) < 4.78 is 11.2. The normalized spacial score (nSPS) is 16.6. The average molecular weight is 552 g/mol. The van der Waals surface area contributed by atoms with Crippen molar-refractivity contribution in [2.75, 3.05) is 26.7 Å². The number of carbonyl (C=O) groups excluding carboxylic acids is 1. The fourth-order valence-electron chi connectivity index (χ4n) is 3.60. The summed E-state index contributed by atoms with van der Waals surface area (Å²) in [5, 5.41) is 9.73. The highest BCUT2D eigenvalue weighted by atomic mass is 127. The Bertz CT molecular complexity index is 916. The zero-order valence-corrected chi connectivity index (χ0v) is 21.4. The highest BCUT2D eigenvalue weighted by Gasteiger charge is 2.33. The van der Waals surface area contributed by atoms with E-state index in [0.29, 0.717) is 18.7 Å². The van der Waals surface area contributed by atoms with Crippen molar-refractivity contribution in [1.82, 2.24) is 16.0 Å². The summed E-state index contributed by atoms with van der Waals surface area (Å²) in [6, 6.07) is 15.2. The number of ether oxygens (including phenoxy) is 2. The first-order valence-corrected chi connectivity index (χ1v) is 10.7. The maximum atomic E-state index is 12.3. The van der Waals surface area contributed by atoms with Gasteiger partial charge in [-0.3, -0.25) is 9.79 Å². The minimum atomic E-state index is -0.268. The number of rotatable bonds is 7. The molecule has 0 bridgehead atoms.